The molecular formula is C18H26N4O2. The van der Waals surface area contributed by atoms with E-state index in [1.54, 1.807) is 6.92 Å². The molecule has 0 bridgehead atoms. The fourth-order valence-corrected chi connectivity index (χ4v) is 3.66. The Labute approximate surface area is 143 Å². The first kappa shape index (κ1) is 16.8. The summed E-state index contributed by atoms with van der Waals surface area (Å²) in [7, 11) is 0. The van der Waals surface area contributed by atoms with Crippen LogP contribution in [0.5, 0.6) is 0 Å². The molecule has 1 aromatic rings. The Morgan fingerprint density at radius 1 is 1.12 bits per heavy atom. The van der Waals surface area contributed by atoms with Crippen LogP contribution in [0.2, 0.25) is 0 Å². The second kappa shape index (κ2) is 7.66. The summed E-state index contributed by atoms with van der Waals surface area (Å²) in [5.41, 5.74) is 0.713. The minimum atomic E-state index is -0.523. The molecule has 24 heavy (non-hydrogen) atoms. The highest BCUT2D eigenvalue weighted by Crippen LogP contribution is 2.27. The zero-order valence-electron chi connectivity index (χ0n) is 14.1. The van der Waals surface area contributed by atoms with Gasteiger partial charge in [-0.15, -0.1) is 0 Å². The first-order valence-corrected chi connectivity index (χ1v) is 8.75. The Morgan fingerprint density at radius 2 is 1.75 bits per heavy atom. The van der Waals surface area contributed by atoms with E-state index in [-0.39, 0.29) is 11.9 Å². The third-order valence-corrected chi connectivity index (χ3v) is 5.08. The van der Waals surface area contributed by atoms with Gasteiger partial charge >= 0.3 is 6.03 Å². The number of nitrogens with zero attached hydrogens (tertiary/aromatic N) is 1. The summed E-state index contributed by atoms with van der Waals surface area (Å²) in [6, 6.07) is 8.35. The molecule has 3 atom stereocenters. The van der Waals surface area contributed by atoms with Crippen molar-refractivity contribution in [1.29, 1.82) is 0 Å². The summed E-state index contributed by atoms with van der Waals surface area (Å²) in [5.74, 6) is 1.38. The molecule has 3 rings (SSSR count). The quantitative estimate of drug-likeness (QED) is 0.789. The van der Waals surface area contributed by atoms with E-state index in [2.05, 4.69) is 16.0 Å². The monoisotopic (exact) mass is 330 g/mol. The molecule has 0 saturated carbocycles. The summed E-state index contributed by atoms with van der Waals surface area (Å²) in [6.45, 7) is 5.46. The van der Waals surface area contributed by atoms with Gasteiger partial charge in [-0.2, -0.15) is 0 Å². The fourth-order valence-electron chi connectivity index (χ4n) is 3.66. The van der Waals surface area contributed by atoms with Crippen molar-refractivity contribution in [1.82, 2.24) is 15.5 Å². The summed E-state index contributed by atoms with van der Waals surface area (Å²) in [4.78, 5) is 26.6. The molecule has 6 heteroatoms. The van der Waals surface area contributed by atoms with Gasteiger partial charge in [0.2, 0.25) is 5.91 Å². The van der Waals surface area contributed by atoms with Gasteiger partial charge in [-0.05, 0) is 56.8 Å². The zero-order valence-corrected chi connectivity index (χ0v) is 14.1. The summed E-state index contributed by atoms with van der Waals surface area (Å²) in [6.07, 6.45) is 2.10. The molecular weight excluding hydrogens is 304 g/mol. The van der Waals surface area contributed by atoms with E-state index in [1.165, 1.54) is 0 Å². The molecule has 0 aliphatic carbocycles. The topological polar surface area (TPSA) is 73.5 Å². The largest absolute Gasteiger partial charge is 0.341 e. The van der Waals surface area contributed by atoms with Gasteiger partial charge in [0, 0.05) is 18.8 Å². The molecule has 2 heterocycles. The number of anilines is 1. The third-order valence-electron chi connectivity index (χ3n) is 5.08. The molecule has 2 aliphatic rings. The maximum absolute atomic E-state index is 12.6. The van der Waals surface area contributed by atoms with Gasteiger partial charge in [0.1, 0.15) is 6.04 Å². The Balaban J connectivity index is 1.50. The Morgan fingerprint density at radius 3 is 2.38 bits per heavy atom. The Kier molecular flexibility index (Phi) is 5.35. The summed E-state index contributed by atoms with van der Waals surface area (Å²) in [5, 5.41) is 8.93. The maximum atomic E-state index is 12.6. The van der Waals surface area contributed by atoms with Gasteiger partial charge in [-0.1, -0.05) is 18.2 Å². The van der Waals surface area contributed by atoms with E-state index in [0.29, 0.717) is 17.5 Å². The number of carbonyl (C=O) groups excluding carboxylic acids is 2. The van der Waals surface area contributed by atoms with Crippen LogP contribution in [0.3, 0.4) is 0 Å². The molecule has 2 fully saturated rings. The van der Waals surface area contributed by atoms with Gasteiger partial charge in [0.25, 0.3) is 0 Å². The Bertz CT molecular complexity index is 564. The van der Waals surface area contributed by atoms with Crippen LogP contribution < -0.4 is 16.0 Å². The van der Waals surface area contributed by atoms with E-state index in [9.17, 15) is 9.59 Å². The van der Waals surface area contributed by atoms with Crippen LogP contribution in [0.1, 0.15) is 19.8 Å². The number of para-hydroxylation sites is 1. The van der Waals surface area contributed by atoms with E-state index in [4.69, 9.17) is 0 Å². The molecule has 2 aliphatic heterocycles. The average Bonchev–Trinajstić information content (AvgIpc) is 2.93. The zero-order chi connectivity index (χ0) is 16.9. The number of rotatable bonds is 3. The number of likely N-dealkylation sites (tertiary alicyclic amines) is 1. The lowest BCUT2D eigenvalue weighted by Crippen LogP contribution is -2.48. The predicted octanol–water partition coefficient (Wildman–Crippen LogP) is 1.65. The minimum absolute atomic E-state index is 0.00569. The van der Waals surface area contributed by atoms with Crippen molar-refractivity contribution in [2.75, 3.05) is 31.5 Å². The Hall–Kier alpha value is -2.08. The van der Waals surface area contributed by atoms with Crippen LogP contribution >= 0.6 is 0 Å². The molecule has 1 unspecified atom stereocenters. The second-order valence-corrected chi connectivity index (χ2v) is 6.77. The standard InChI is InChI=1S/C18H26N4O2/c1-13(20-18(24)21-16-5-3-2-4-6-16)17(23)22-9-7-14-11-19-12-15(14)8-10-22/h2-6,13-15,19H,7-12H2,1H3,(H2,20,21,24)/t13?,14-,15+. The van der Waals surface area contributed by atoms with Crippen molar-refractivity contribution >= 4 is 17.6 Å². The molecule has 2 saturated heterocycles. The summed E-state index contributed by atoms with van der Waals surface area (Å²) >= 11 is 0. The van der Waals surface area contributed by atoms with Crippen LogP contribution in [0.4, 0.5) is 10.5 Å². The molecule has 0 radical (unpaired) electrons. The van der Waals surface area contributed by atoms with Crippen LogP contribution in [-0.4, -0.2) is 49.1 Å². The normalized spacial score (nSPS) is 24.6. The molecule has 6 nitrogen and oxygen atoms in total. The lowest BCUT2D eigenvalue weighted by Gasteiger charge is -2.25. The van der Waals surface area contributed by atoms with E-state index >= 15 is 0 Å². The molecule has 1 aromatic carbocycles. The van der Waals surface area contributed by atoms with Crippen LogP contribution in [0.15, 0.2) is 30.3 Å². The van der Waals surface area contributed by atoms with Crippen molar-refractivity contribution in [3.05, 3.63) is 30.3 Å². The predicted molar refractivity (Wildman–Crippen MR) is 93.7 cm³/mol. The summed E-state index contributed by atoms with van der Waals surface area (Å²) < 4.78 is 0. The van der Waals surface area contributed by atoms with Gasteiger partial charge in [0.05, 0.1) is 0 Å². The molecule has 0 aromatic heterocycles. The number of nitrogens with one attached hydrogen (secondary N) is 3. The number of urea groups is 1. The number of hydrogen-bond acceptors (Lipinski definition) is 3. The molecule has 3 N–H and O–H groups in total. The highest BCUT2D eigenvalue weighted by Gasteiger charge is 2.32. The second-order valence-electron chi connectivity index (χ2n) is 6.77. The first-order valence-electron chi connectivity index (χ1n) is 8.75. The lowest BCUT2D eigenvalue weighted by atomic mass is 9.92. The minimum Gasteiger partial charge on any atom is -0.341 e. The number of hydrogen-bond donors (Lipinski definition) is 3. The smallest absolute Gasteiger partial charge is 0.319 e. The molecule has 130 valence electrons. The van der Waals surface area contributed by atoms with E-state index in [1.807, 2.05) is 35.2 Å². The highest BCUT2D eigenvalue weighted by molar-refractivity contribution is 5.93. The van der Waals surface area contributed by atoms with Gasteiger partial charge in [-0.3, -0.25) is 4.79 Å². The van der Waals surface area contributed by atoms with Crippen LogP contribution in [0.25, 0.3) is 0 Å². The fraction of sp³-hybridized carbons (Fsp3) is 0.556. The molecule has 3 amide bonds. The van der Waals surface area contributed by atoms with Crippen molar-refractivity contribution < 1.29 is 9.59 Å². The van der Waals surface area contributed by atoms with E-state index in [0.717, 1.165) is 39.0 Å². The van der Waals surface area contributed by atoms with Crippen molar-refractivity contribution in [2.45, 2.75) is 25.8 Å². The van der Waals surface area contributed by atoms with Gasteiger partial charge in [0.15, 0.2) is 0 Å². The lowest BCUT2D eigenvalue weighted by molar-refractivity contribution is -0.132. The number of benzene rings is 1. The number of amides is 3. The average molecular weight is 330 g/mol. The van der Waals surface area contributed by atoms with Gasteiger partial charge in [-0.25, -0.2) is 4.79 Å². The first-order chi connectivity index (χ1) is 11.6. The SMILES string of the molecule is CC(NC(=O)Nc1ccccc1)C(=O)N1CC[C@@H]2CNC[C@@H]2CC1. The van der Waals surface area contributed by atoms with Gasteiger partial charge < -0.3 is 20.9 Å². The third kappa shape index (κ3) is 4.06. The number of fused-ring (bicyclic) bond motifs is 1. The highest BCUT2D eigenvalue weighted by atomic mass is 16.2. The maximum Gasteiger partial charge on any atom is 0.319 e. The van der Waals surface area contributed by atoms with Crippen molar-refractivity contribution in [2.24, 2.45) is 11.8 Å². The number of carbonyl (C=O) groups is 2. The van der Waals surface area contributed by atoms with Crippen molar-refractivity contribution in [3.63, 3.8) is 0 Å². The van der Waals surface area contributed by atoms with Crippen LogP contribution in [-0.2, 0) is 4.79 Å². The van der Waals surface area contributed by atoms with E-state index < -0.39 is 6.04 Å². The van der Waals surface area contributed by atoms with Crippen LogP contribution in [0, 0.1) is 11.8 Å². The van der Waals surface area contributed by atoms with Crippen molar-refractivity contribution in [3.8, 4) is 0 Å². The molecule has 0 spiro atoms.